The van der Waals surface area contributed by atoms with Crippen LogP contribution < -0.4 is 0 Å². The van der Waals surface area contributed by atoms with E-state index in [-0.39, 0.29) is 0 Å². The van der Waals surface area contributed by atoms with E-state index in [0.717, 1.165) is 11.2 Å². The van der Waals surface area contributed by atoms with Gasteiger partial charge in [0.05, 0.1) is 5.52 Å². The quantitative estimate of drug-likeness (QED) is 0.582. The molecule has 0 aromatic carbocycles. The Morgan fingerprint density at radius 1 is 1.50 bits per heavy atom. The fraction of sp³-hybridized carbons (Fsp3) is 0.125. The summed E-state index contributed by atoms with van der Waals surface area (Å²) < 4.78 is 0. The zero-order valence-electron chi connectivity index (χ0n) is 5.76. The zero-order valence-corrected chi connectivity index (χ0v) is 5.76. The molecular formula is C8H8N2. The molecule has 0 radical (unpaired) electrons. The Morgan fingerprint density at radius 3 is 3.20 bits per heavy atom. The summed E-state index contributed by atoms with van der Waals surface area (Å²) in [5.41, 5.74) is 2.21. The summed E-state index contributed by atoms with van der Waals surface area (Å²) in [7, 11) is 0. The van der Waals surface area contributed by atoms with Crippen LogP contribution in [-0.4, -0.2) is 9.97 Å². The maximum Gasteiger partial charge on any atom is 0.0905 e. The summed E-state index contributed by atoms with van der Waals surface area (Å²) in [6.45, 7) is 2.02. The van der Waals surface area contributed by atoms with Crippen molar-refractivity contribution in [3.63, 3.8) is 0 Å². The van der Waals surface area contributed by atoms with Crippen LogP contribution in [0.4, 0.5) is 0 Å². The van der Waals surface area contributed by atoms with E-state index in [1.807, 2.05) is 31.5 Å². The lowest BCUT2D eigenvalue weighted by atomic mass is 10.3. The van der Waals surface area contributed by atoms with E-state index in [4.69, 9.17) is 0 Å². The maximum absolute atomic E-state index is 4.21. The highest BCUT2D eigenvalue weighted by Gasteiger charge is 1.96. The predicted molar refractivity (Wildman–Crippen MR) is 40.8 cm³/mol. The number of pyridine rings is 1. The average molecular weight is 132 g/mol. The van der Waals surface area contributed by atoms with Gasteiger partial charge in [-0.25, -0.2) is 0 Å². The summed E-state index contributed by atoms with van der Waals surface area (Å²) in [4.78, 5) is 7.32. The molecule has 0 aliphatic carbocycles. The average Bonchev–Trinajstić information content (AvgIpc) is 2.34. The van der Waals surface area contributed by atoms with Gasteiger partial charge in [0.25, 0.3) is 0 Å². The van der Waals surface area contributed by atoms with Gasteiger partial charge in [0.15, 0.2) is 0 Å². The second-order valence-electron chi connectivity index (χ2n) is 2.35. The highest BCUT2D eigenvalue weighted by Crippen LogP contribution is 2.12. The number of nitrogens with zero attached hydrogens (tertiary/aromatic N) is 1. The summed E-state index contributed by atoms with van der Waals surface area (Å²) in [5, 5.41) is 1.18. The minimum atomic E-state index is 1.07. The summed E-state index contributed by atoms with van der Waals surface area (Å²) >= 11 is 0. The highest BCUT2D eigenvalue weighted by atomic mass is 14.8. The fourth-order valence-electron chi connectivity index (χ4n) is 1.10. The van der Waals surface area contributed by atoms with Crippen LogP contribution in [0.15, 0.2) is 24.5 Å². The molecule has 2 rings (SSSR count). The molecule has 0 amide bonds. The molecule has 2 nitrogen and oxygen atoms in total. The molecule has 2 heterocycles. The molecule has 0 bridgehead atoms. The van der Waals surface area contributed by atoms with Gasteiger partial charge in [-0.3, -0.25) is 4.98 Å². The van der Waals surface area contributed by atoms with Crippen molar-refractivity contribution in [2.45, 2.75) is 6.92 Å². The van der Waals surface area contributed by atoms with Gasteiger partial charge in [-0.05, 0) is 19.1 Å². The van der Waals surface area contributed by atoms with Crippen molar-refractivity contribution in [1.29, 1.82) is 0 Å². The third kappa shape index (κ3) is 0.620. The number of hydrogen-bond acceptors (Lipinski definition) is 1. The summed E-state index contributed by atoms with van der Waals surface area (Å²) in [6.07, 6.45) is 3.78. The number of aromatic amines is 1. The normalized spacial score (nSPS) is 10.5. The molecule has 0 atom stereocenters. The van der Waals surface area contributed by atoms with Crippen LogP contribution >= 0.6 is 0 Å². The first kappa shape index (κ1) is 5.47. The largest absolute Gasteiger partial charge is 0.363 e. The molecule has 0 unspecified atom stereocenters. The lowest BCUT2D eigenvalue weighted by Crippen LogP contribution is -1.73. The van der Waals surface area contributed by atoms with Crippen LogP contribution in [0.5, 0.6) is 0 Å². The molecular weight excluding hydrogens is 124 g/mol. The monoisotopic (exact) mass is 132 g/mol. The second kappa shape index (κ2) is 1.84. The SMILES string of the molecule is Cc1[nH]cc2cccnc12. The van der Waals surface area contributed by atoms with Crippen molar-refractivity contribution in [2.75, 3.05) is 0 Å². The van der Waals surface area contributed by atoms with E-state index in [1.165, 1.54) is 5.39 Å². The van der Waals surface area contributed by atoms with Crippen LogP contribution in [-0.2, 0) is 0 Å². The van der Waals surface area contributed by atoms with E-state index in [2.05, 4.69) is 9.97 Å². The van der Waals surface area contributed by atoms with Gasteiger partial charge in [0, 0.05) is 23.5 Å². The van der Waals surface area contributed by atoms with Gasteiger partial charge in [-0.1, -0.05) is 0 Å². The first-order chi connectivity index (χ1) is 4.88. The summed E-state index contributed by atoms with van der Waals surface area (Å²) in [5.74, 6) is 0. The Morgan fingerprint density at radius 2 is 2.40 bits per heavy atom. The van der Waals surface area contributed by atoms with Gasteiger partial charge in [0.2, 0.25) is 0 Å². The smallest absolute Gasteiger partial charge is 0.0905 e. The van der Waals surface area contributed by atoms with Crippen LogP contribution in [0.1, 0.15) is 5.69 Å². The molecule has 0 aliphatic heterocycles. The molecule has 0 saturated heterocycles. The molecule has 0 spiro atoms. The van der Waals surface area contributed by atoms with Crippen molar-refractivity contribution >= 4 is 10.9 Å². The number of rotatable bonds is 0. The standard InChI is InChI=1S/C8H8N2/c1-6-8-7(5-10-6)3-2-4-9-8/h2-5,10H,1H3. The lowest BCUT2D eigenvalue weighted by molar-refractivity contribution is 1.26. The topological polar surface area (TPSA) is 28.7 Å². The zero-order chi connectivity index (χ0) is 6.97. The third-order valence-electron chi connectivity index (χ3n) is 1.64. The Balaban J connectivity index is 2.93. The fourth-order valence-corrected chi connectivity index (χ4v) is 1.10. The molecule has 0 aliphatic rings. The van der Waals surface area contributed by atoms with Crippen molar-refractivity contribution in [2.24, 2.45) is 0 Å². The maximum atomic E-state index is 4.21. The first-order valence-corrected chi connectivity index (χ1v) is 3.26. The Kier molecular flexibility index (Phi) is 1.01. The predicted octanol–water partition coefficient (Wildman–Crippen LogP) is 1.87. The van der Waals surface area contributed by atoms with E-state index in [1.54, 1.807) is 0 Å². The highest BCUT2D eigenvalue weighted by molar-refractivity contribution is 5.80. The Labute approximate surface area is 58.9 Å². The molecule has 0 saturated carbocycles. The van der Waals surface area contributed by atoms with Crippen molar-refractivity contribution in [3.8, 4) is 0 Å². The minimum absolute atomic E-state index is 1.07. The number of hydrogen-bond donors (Lipinski definition) is 1. The van der Waals surface area contributed by atoms with E-state index in [9.17, 15) is 0 Å². The van der Waals surface area contributed by atoms with Crippen LogP contribution in [0.25, 0.3) is 10.9 Å². The Bertz CT molecular complexity index is 349. The van der Waals surface area contributed by atoms with Gasteiger partial charge in [0.1, 0.15) is 0 Å². The third-order valence-corrected chi connectivity index (χ3v) is 1.64. The molecule has 50 valence electrons. The van der Waals surface area contributed by atoms with Gasteiger partial charge in [-0.15, -0.1) is 0 Å². The number of aromatic nitrogens is 2. The van der Waals surface area contributed by atoms with E-state index < -0.39 is 0 Å². The molecule has 10 heavy (non-hydrogen) atoms. The van der Waals surface area contributed by atoms with Gasteiger partial charge in [-0.2, -0.15) is 0 Å². The number of fused-ring (bicyclic) bond motifs is 1. The van der Waals surface area contributed by atoms with Crippen LogP contribution in [0.2, 0.25) is 0 Å². The lowest BCUT2D eigenvalue weighted by Gasteiger charge is -1.86. The van der Waals surface area contributed by atoms with Gasteiger partial charge < -0.3 is 4.98 Å². The van der Waals surface area contributed by atoms with Crippen LogP contribution in [0.3, 0.4) is 0 Å². The number of aryl methyl sites for hydroxylation is 1. The molecule has 0 fully saturated rings. The first-order valence-electron chi connectivity index (χ1n) is 3.26. The molecule has 2 aromatic rings. The van der Waals surface area contributed by atoms with E-state index >= 15 is 0 Å². The van der Waals surface area contributed by atoms with Gasteiger partial charge >= 0.3 is 0 Å². The van der Waals surface area contributed by atoms with Crippen molar-refractivity contribution < 1.29 is 0 Å². The Hall–Kier alpha value is -1.31. The van der Waals surface area contributed by atoms with E-state index in [0.29, 0.717) is 0 Å². The molecule has 2 heteroatoms. The minimum Gasteiger partial charge on any atom is -0.363 e. The summed E-state index contributed by atoms with van der Waals surface area (Å²) in [6, 6.07) is 3.99. The number of H-pyrrole nitrogens is 1. The van der Waals surface area contributed by atoms with Crippen molar-refractivity contribution in [3.05, 3.63) is 30.2 Å². The van der Waals surface area contributed by atoms with Crippen LogP contribution in [0, 0.1) is 6.92 Å². The second-order valence-corrected chi connectivity index (χ2v) is 2.35. The van der Waals surface area contributed by atoms with Crippen molar-refractivity contribution in [1.82, 2.24) is 9.97 Å². The molecule has 2 aromatic heterocycles. The number of nitrogens with one attached hydrogen (secondary N) is 1. The molecule has 1 N–H and O–H groups in total.